The van der Waals surface area contributed by atoms with Crippen LogP contribution in [0.25, 0.3) is 0 Å². The highest BCUT2D eigenvalue weighted by molar-refractivity contribution is 7.12. The van der Waals surface area contributed by atoms with Gasteiger partial charge >= 0.3 is 0 Å². The Labute approximate surface area is 143 Å². The molecule has 1 aliphatic heterocycles. The van der Waals surface area contributed by atoms with Gasteiger partial charge in [0, 0.05) is 25.5 Å². The third kappa shape index (κ3) is 4.25. The summed E-state index contributed by atoms with van der Waals surface area (Å²) in [5, 5.41) is 17.6. The fourth-order valence-electron chi connectivity index (χ4n) is 2.52. The standard InChI is InChI=1S/C15H19N7OS/c16-15(13-2-1-9-24-13)19-18-10-12-3-6-21(7-4-12)14(23)11-22-8-5-17-20-22/h1-2,5,8-10,12H,3-4,6-7,11H2,(H2,16,19)/b18-10+. The molecule has 24 heavy (non-hydrogen) atoms. The molecule has 2 N–H and O–H groups in total. The van der Waals surface area contributed by atoms with Gasteiger partial charge < -0.3 is 10.6 Å². The first-order valence-electron chi connectivity index (χ1n) is 7.75. The van der Waals surface area contributed by atoms with Gasteiger partial charge in [-0.1, -0.05) is 11.3 Å². The van der Waals surface area contributed by atoms with Crippen molar-refractivity contribution < 1.29 is 4.79 Å². The lowest BCUT2D eigenvalue weighted by molar-refractivity contribution is -0.133. The molecule has 0 unspecified atom stereocenters. The maximum atomic E-state index is 12.2. The smallest absolute Gasteiger partial charge is 0.244 e. The molecule has 3 heterocycles. The molecule has 0 spiro atoms. The molecule has 0 saturated carbocycles. The number of aromatic nitrogens is 3. The van der Waals surface area contributed by atoms with E-state index in [1.54, 1.807) is 12.4 Å². The van der Waals surface area contributed by atoms with Gasteiger partial charge in [-0.2, -0.15) is 5.10 Å². The Balaban J connectivity index is 1.46. The van der Waals surface area contributed by atoms with E-state index in [0.29, 0.717) is 24.8 Å². The average molecular weight is 345 g/mol. The van der Waals surface area contributed by atoms with Crippen molar-refractivity contribution in [3.63, 3.8) is 0 Å². The summed E-state index contributed by atoms with van der Waals surface area (Å²) in [4.78, 5) is 14.9. The maximum absolute atomic E-state index is 12.2. The topological polar surface area (TPSA) is 102 Å². The third-order valence-electron chi connectivity index (χ3n) is 3.88. The number of carbonyl (C=O) groups excluding carboxylic acids is 1. The number of nitrogens with zero attached hydrogens (tertiary/aromatic N) is 6. The zero-order chi connectivity index (χ0) is 16.8. The van der Waals surface area contributed by atoms with Crippen molar-refractivity contribution >= 4 is 29.3 Å². The molecule has 126 valence electrons. The van der Waals surface area contributed by atoms with Crippen LogP contribution < -0.4 is 5.73 Å². The van der Waals surface area contributed by atoms with Crippen LogP contribution in [0.2, 0.25) is 0 Å². The van der Waals surface area contributed by atoms with E-state index in [2.05, 4.69) is 20.5 Å². The predicted molar refractivity (Wildman–Crippen MR) is 92.9 cm³/mol. The van der Waals surface area contributed by atoms with Gasteiger partial charge in [-0.3, -0.25) is 4.79 Å². The van der Waals surface area contributed by atoms with E-state index >= 15 is 0 Å². The molecule has 0 bridgehead atoms. The molecule has 0 aliphatic carbocycles. The summed E-state index contributed by atoms with van der Waals surface area (Å²) in [6.07, 6.45) is 6.84. The van der Waals surface area contributed by atoms with Gasteiger partial charge in [0.15, 0.2) is 5.84 Å². The van der Waals surface area contributed by atoms with Crippen molar-refractivity contribution in [1.29, 1.82) is 0 Å². The molecule has 3 rings (SSSR count). The van der Waals surface area contributed by atoms with Crippen molar-refractivity contribution in [2.75, 3.05) is 13.1 Å². The van der Waals surface area contributed by atoms with Crippen LogP contribution in [0.1, 0.15) is 17.7 Å². The molecule has 1 amide bonds. The minimum absolute atomic E-state index is 0.0656. The fraction of sp³-hybridized carbons (Fsp3) is 0.400. The number of thiophene rings is 1. The van der Waals surface area contributed by atoms with Crippen molar-refractivity contribution in [2.45, 2.75) is 19.4 Å². The summed E-state index contributed by atoms with van der Waals surface area (Å²) < 4.78 is 1.54. The molecule has 8 nitrogen and oxygen atoms in total. The van der Waals surface area contributed by atoms with Gasteiger partial charge in [0.25, 0.3) is 0 Å². The lowest BCUT2D eigenvalue weighted by Crippen LogP contribution is -2.40. The second-order valence-corrected chi connectivity index (χ2v) is 6.49. The van der Waals surface area contributed by atoms with Crippen molar-refractivity contribution in [3.05, 3.63) is 34.8 Å². The van der Waals surface area contributed by atoms with Crippen molar-refractivity contribution in [3.8, 4) is 0 Å². The molecular formula is C15H19N7OS. The van der Waals surface area contributed by atoms with Crippen LogP contribution in [0.15, 0.2) is 40.1 Å². The Morgan fingerprint density at radius 1 is 1.46 bits per heavy atom. The quantitative estimate of drug-likeness (QED) is 0.495. The summed E-state index contributed by atoms with van der Waals surface area (Å²) in [5.41, 5.74) is 5.86. The number of likely N-dealkylation sites (tertiary alicyclic amines) is 1. The molecule has 0 aromatic carbocycles. The van der Waals surface area contributed by atoms with Gasteiger partial charge in [-0.15, -0.1) is 21.5 Å². The minimum atomic E-state index is 0.0656. The number of hydrogen-bond donors (Lipinski definition) is 1. The average Bonchev–Trinajstić information content (AvgIpc) is 3.29. The number of carbonyl (C=O) groups is 1. The summed E-state index contributed by atoms with van der Waals surface area (Å²) in [5.74, 6) is 0.817. The Morgan fingerprint density at radius 3 is 2.96 bits per heavy atom. The van der Waals surface area contributed by atoms with Crippen LogP contribution >= 0.6 is 11.3 Å². The van der Waals surface area contributed by atoms with E-state index in [1.165, 1.54) is 16.0 Å². The summed E-state index contributed by atoms with van der Waals surface area (Å²) in [6.45, 7) is 1.67. The number of amides is 1. The normalized spacial score (nSPS) is 16.8. The monoisotopic (exact) mass is 345 g/mol. The molecule has 0 radical (unpaired) electrons. The minimum Gasteiger partial charge on any atom is -0.381 e. The zero-order valence-corrected chi connectivity index (χ0v) is 14.0. The van der Waals surface area contributed by atoms with Crippen LogP contribution in [0.4, 0.5) is 0 Å². The van der Waals surface area contributed by atoms with Gasteiger partial charge in [-0.25, -0.2) is 4.68 Å². The first kappa shape index (κ1) is 16.3. The number of amidine groups is 1. The van der Waals surface area contributed by atoms with Crippen LogP contribution in [0.3, 0.4) is 0 Å². The van der Waals surface area contributed by atoms with E-state index in [1.807, 2.05) is 28.6 Å². The predicted octanol–water partition coefficient (Wildman–Crippen LogP) is 0.970. The van der Waals surface area contributed by atoms with Crippen molar-refractivity contribution in [1.82, 2.24) is 19.9 Å². The Hall–Kier alpha value is -2.55. The number of nitrogens with two attached hydrogens (primary N) is 1. The molecule has 9 heteroatoms. The fourth-order valence-corrected chi connectivity index (χ4v) is 3.14. The first-order chi connectivity index (χ1) is 11.7. The van der Waals surface area contributed by atoms with Crippen LogP contribution in [-0.2, 0) is 11.3 Å². The highest BCUT2D eigenvalue weighted by Crippen LogP contribution is 2.16. The van der Waals surface area contributed by atoms with E-state index in [-0.39, 0.29) is 12.5 Å². The number of hydrogen-bond acceptors (Lipinski definition) is 6. The SMILES string of the molecule is N/C(=N\N=C\C1CCN(C(=O)Cn2ccnn2)CC1)c1cccs1. The summed E-state index contributed by atoms with van der Waals surface area (Å²) in [6, 6.07) is 3.84. The lowest BCUT2D eigenvalue weighted by Gasteiger charge is -2.30. The van der Waals surface area contributed by atoms with Gasteiger partial charge in [0.05, 0.1) is 11.1 Å². The van der Waals surface area contributed by atoms with Crippen LogP contribution in [0.5, 0.6) is 0 Å². The summed E-state index contributed by atoms with van der Waals surface area (Å²) in [7, 11) is 0. The second kappa shape index (κ2) is 7.82. The van der Waals surface area contributed by atoms with Gasteiger partial charge in [0.1, 0.15) is 6.54 Å². The van der Waals surface area contributed by atoms with E-state index in [4.69, 9.17) is 5.73 Å². The first-order valence-corrected chi connectivity index (χ1v) is 8.62. The van der Waals surface area contributed by atoms with Crippen molar-refractivity contribution in [2.24, 2.45) is 21.9 Å². The van der Waals surface area contributed by atoms with Gasteiger partial charge in [0.2, 0.25) is 5.91 Å². The second-order valence-electron chi connectivity index (χ2n) is 5.55. The molecular weight excluding hydrogens is 326 g/mol. The van der Waals surface area contributed by atoms with Gasteiger partial charge in [-0.05, 0) is 30.2 Å². The van der Waals surface area contributed by atoms with Crippen LogP contribution in [0, 0.1) is 5.92 Å². The molecule has 1 fully saturated rings. The van der Waals surface area contributed by atoms with Crippen LogP contribution in [-0.4, -0.2) is 50.9 Å². The Bertz CT molecular complexity index is 700. The Morgan fingerprint density at radius 2 is 2.29 bits per heavy atom. The highest BCUT2D eigenvalue weighted by atomic mass is 32.1. The largest absolute Gasteiger partial charge is 0.381 e. The molecule has 0 atom stereocenters. The lowest BCUT2D eigenvalue weighted by atomic mass is 9.98. The number of piperidine rings is 1. The Kier molecular flexibility index (Phi) is 5.32. The van der Waals surface area contributed by atoms with E-state index < -0.39 is 0 Å². The number of rotatable bonds is 5. The third-order valence-corrected chi connectivity index (χ3v) is 4.77. The zero-order valence-electron chi connectivity index (χ0n) is 13.2. The maximum Gasteiger partial charge on any atom is 0.244 e. The molecule has 1 aliphatic rings. The van der Waals surface area contributed by atoms with E-state index in [0.717, 1.165) is 17.7 Å². The molecule has 2 aromatic rings. The summed E-state index contributed by atoms with van der Waals surface area (Å²) >= 11 is 1.54. The molecule has 1 saturated heterocycles. The molecule has 2 aromatic heterocycles. The highest BCUT2D eigenvalue weighted by Gasteiger charge is 2.22. The van der Waals surface area contributed by atoms with E-state index in [9.17, 15) is 4.79 Å².